The van der Waals surface area contributed by atoms with Gasteiger partial charge in [0.15, 0.2) is 0 Å². The zero-order chi connectivity index (χ0) is 17.4. The van der Waals surface area contributed by atoms with Crippen molar-refractivity contribution in [3.8, 4) is 22.6 Å². The number of methoxy groups -OCH3 is 2. The topological polar surface area (TPSA) is 18.5 Å². The first-order valence-corrected chi connectivity index (χ1v) is 8.37. The highest BCUT2D eigenvalue weighted by molar-refractivity contribution is 6.15. The van der Waals surface area contributed by atoms with Crippen LogP contribution >= 0.6 is 0 Å². The number of aryl methyl sites for hydroxylation is 1. The minimum absolute atomic E-state index is 0.793. The van der Waals surface area contributed by atoms with E-state index < -0.39 is 0 Å². The van der Waals surface area contributed by atoms with Gasteiger partial charge < -0.3 is 9.47 Å². The maximum Gasteiger partial charge on any atom is 0.130 e. The summed E-state index contributed by atoms with van der Waals surface area (Å²) in [4.78, 5) is 0. The monoisotopic (exact) mass is 328 g/mol. The summed E-state index contributed by atoms with van der Waals surface area (Å²) in [7, 11) is 3.38. The van der Waals surface area contributed by atoms with E-state index in [-0.39, 0.29) is 0 Å². The largest absolute Gasteiger partial charge is 0.497 e. The van der Waals surface area contributed by atoms with Crippen molar-refractivity contribution in [2.24, 2.45) is 0 Å². The second kappa shape index (κ2) is 6.14. The van der Waals surface area contributed by atoms with E-state index in [1.807, 2.05) is 12.1 Å². The van der Waals surface area contributed by atoms with E-state index in [0.29, 0.717) is 0 Å². The molecule has 2 heteroatoms. The van der Waals surface area contributed by atoms with Crippen molar-refractivity contribution in [2.75, 3.05) is 14.2 Å². The van der Waals surface area contributed by atoms with Crippen LogP contribution in [0.4, 0.5) is 0 Å². The Morgan fingerprint density at radius 1 is 0.640 bits per heavy atom. The van der Waals surface area contributed by atoms with E-state index in [1.165, 1.54) is 32.7 Å². The van der Waals surface area contributed by atoms with E-state index in [2.05, 4.69) is 61.5 Å². The zero-order valence-corrected chi connectivity index (χ0v) is 14.7. The minimum atomic E-state index is 0.793. The van der Waals surface area contributed by atoms with Crippen LogP contribution in [-0.4, -0.2) is 14.2 Å². The first kappa shape index (κ1) is 15.5. The standard InChI is InChI=1S/C23H20O2/c1-15-17-8-4-6-10-19(17)23(20-11-7-5-9-18(15)20)21-13-12-16(24-2)14-22(21)25-3/h4-14H,1-3H3. The van der Waals surface area contributed by atoms with Gasteiger partial charge in [-0.2, -0.15) is 0 Å². The number of rotatable bonds is 3. The lowest BCUT2D eigenvalue weighted by atomic mass is 9.88. The van der Waals surface area contributed by atoms with Gasteiger partial charge in [0, 0.05) is 17.2 Å². The first-order chi connectivity index (χ1) is 12.2. The molecule has 25 heavy (non-hydrogen) atoms. The molecule has 0 aromatic heterocycles. The average molecular weight is 328 g/mol. The molecular weight excluding hydrogens is 308 g/mol. The van der Waals surface area contributed by atoms with Gasteiger partial charge in [0.25, 0.3) is 0 Å². The molecule has 0 amide bonds. The molecule has 0 radical (unpaired) electrons. The SMILES string of the molecule is COc1ccc(-c2c3ccccc3c(C)c3ccccc23)c(OC)c1. The van der Waals surface area contributed by atoms with Gasteiger partial charge in [0.1, 0.15) is 11.5 Å². The highest BCUT2D eigenvalue weighted by atomic mass is 16.5. The lowest BCUT2D eigenvalue weighted by Crippen LogP contribution is -1.93. The van der Waals surface area contributed by atoms with Crippen LogP contribution < -0.4 is 9.47 Å². The van der Waals surface area contributed by atoms with Gasteiger partial charge in [-0.25, -0.2) is 0 Å². The molecule has 0 heterocycles. The second-order valence-corrected chi connectivity index (χ2v) is 6.16. The molecule has 0 spiro atoms. The summed E-state index contributed by atoms with van der Waals surface area (Å²) in [6, 6.07) is 23.2. The number of benzene rings is 4. The fourth-order valence-electron chi connectivity index (χ4n) is 3.64. The molecule has 0 aliphatic carbocycles. The molecule has 0 N–H and O–H groups in total. The molecule has 0 aliphatic heterocycles. The summed E-state index contributed by atoms with van der Waals surface area (Å²) in [6.07, 6.45) is 0. The quantitative estimate of drug-likeness (QED) is 0.430. The molecule has 0 aliphatic rings. The van der Waals surface area contributed by atoms with Gasteiger partial charge in [0.2, 0.25) is 0 Å². The molecule has 0 saturated carbocycles. The molecular formula is C23H20O2. The zero-order valence-electron chi connectivity index (χ0n) is 14.7. The van der Waals surface area contributed by atoms with Gasteiger partial charge in [-0.1, -0.05) is 48.5 Å². The van der Waals surface area contributed by atoms with Crippen molar-refractivity contribution in [1.82, 2.24) is 0 Å². The van der Waals surface area contributed by atoms with Crippen LogP contribution in [0.2, 0.25) is 0 Å². The fraction of sp³-hybridized carbons (Fsp3) is 0.130. The summed E-state index contributed by atoms with van der Waals surface area (Å²) < 4.78 is 11.1. The fourth-order valence-corrected chi connectivity index (χ4v) is 3.64. The van der Waals surface area contributed by atoms with Gasteiger partial charge in [0.05, 0.1) is 14.2 Å². The third-order valence-electron chi connectivity index (χ3n) is 4.88. The molecule has 2 nitrogen and oxygen atoms in total. The highest BCUT2D eigenvalue weighted by Crippen LogP contribution is 2.43. The van der Waals surface area contributed by atoms with Crippen LogP contribution in [-0.2, 0) is 0 Å². The van der Waals surface area contributed by atoms with Crippen molar-refractivity contribution >= 4 is 21.5 Å². The smallest absolute Gasteiger partial charge is 0.130 e. The normalized spacial score (nSPS) is 11.0. The maximum atomic E-state index is 5.69. The molecule has 0 saturated heterocycles. The first-order valence-electron chi connectivity index (χ1n) is 8.37. The Balaban J connectivity index is 2.19. The van der Waals surface area contributed by atoms with Crippen molar-refractivity contribution in [1.29, 1.82) is 0 Å². The third kappa shape index (κ3) is 2.42. The van der Waals surface area contributed by atoms with Gasteiger partial charge in [-0.15, -0.1) is 0 Å². The molecule has 0 fully saturated rings. The van der Waals surface area contributed by atoms with E-state index in [4.69, 9.17) is 9.47 Å². The number of ether oxygens (including phenoxy) is 2. The number of hydrogen-bond donors (Lipinski definition) is 0. The highest BCUT2D eigenvalue weighted by Gasteiger charge is 2.16. The van der Waals surface area contributed by atoms with Crippen LogP contribution in [0.15, 0.2) is 66.7 Å². The van der Waals surface area contributed by atoms with Crippen LogP contribution in [0.5, 0.6) is 11.5 Å². The summed E-state index contributed by atoms with van der Waals surface area (Å²) in [5.41, 5.74) is 3.59. The van der Waals surface area contributed by atoms with E-state index >= 15 is 0 Å². The second-order valence-electron chi connectivity index (χ2n) is 6.16. The summed E-state index contributed by atoms with van der Waals surface area (Å²) >= 11 is 0. The lowest BCUT2D eigenvalue weighted by Gasteiger charge is -2.17. The Labute approximate surface area is 147 Å². The molecule has 0 bridgehead atoms. The third-order valence-corrected chi connectivity index (χ3v) is 4.88. The molecule has 4 aromatic carbocycles. The Morgan fingerprint density at radius 2 is 1.20 bits per heavy atom. The minimum Gasteiger partial charge on any atom is -0.497 e. The summed E-state index contributed by atoms with van der Waals surface area (Å²) in [6.45, 7) is 2.19. The van der Waals surface area contributed by atoms with Crippen LogP contribution in [0.1, 0.15) is 5.56 Å². The molecule has 124 valence electrons. The Bertz CT molecular complexity index is 1020. The number of hydrogen-bond acceptors (Lipinski definition) is 2. The molecule has 4 rings (SSSR count). The van der Waals surface area contributed by atoms with Gasteiger partial charge in [-0.3, -0.25) is 0 Å². The van der Waals surface area contributed by atoms with Crippen LogP contribution in [0.3, 0.4) is 0 Å². The van der Waals surface area contributed by atoms with E-state index in [9.17, 15) is 0 Å². The predicted molar refractivity (Wildman–Crippen MR) is 105 cm³/mol. The molecule has 0 unspecified atom stereocenters. The van der Waals surface area contributed by atoms with Gasteiger partial charge in [-0.05, 0) is 46.2 Å². The van der Waals surface area contributed by atoms with Gasteiger partial charge >= 0.3 is 0 Å². The predicted octanol–water partition coefficient (Wildman–Crippen LogP) is 5.99. The van der Waals surface area contributed by atoms with Crippen molar-refractivity contribution in [3.63, 3.8) is 0 Å². The molecule has 0 atom stereocenters. The number of fused-ring (bicyclic) bond motifs is 2. The van der Waals surface area contributed by atoms with Crippen molar-refractivity contribution in [2.45, 2.75) is 6.92 Å². The summed E-state index contributed by atoms with van der Waals surface area (Å²) in [5, 5.41) is 5.02. The Hall–Kier alpha value is -3.00. The van der Waals surface area contributed by atoms with Crippen LogP contribution in [0.25, 0.3) is 32.7 Å². The van der Waals surface area contributed by atoms with E-state index in [1.54, 1.807) is 14.2 Å². The van der Waals surface area contributed by atoms with E-state index in [0.717, 1.165) is 17.1 Å². The Morgan fingerprint density at radius 3 is 1.72 bits per heavy atom. The maximum absolute atomic E-state index is 5.69. The van der Waals surface area contributed by atoms with Crippen LogP contribution in [0, 0.1) is 6.92 Å². The Kier molecular flexibility index (Phi) is 3.81. The lowest BCUT2D eigenvalue weighted by molar-refractivity contribution is 0.395. The molecule has 4 aromatic rings. The van der Waals surface area contributed by atoms with Crippen molar-refractivity contribution < 1.29 is 9.47 Å². The van der Waals surface area contributed by atoms with Crippen molar-refractivity contribution in [3.05, 3.63) is 72.3 Å². The average Bonchev–Trinajstić information content (AvgIpc) is 2.68. The summed E-state index contributed by atoms with van der Waals surface area (Å²) in [5.74, 6) is 1.61.